The van der Waals surface area contributed by atoms with Crippen molar-refractivity contribution in [2.24, 2.45) is 5.14 Å². The molecule has 9 heteroatoms. The molecule has 3 aromatic rings. The van der Waals surface area contributed by atoms with Crippen LogP contribution in [0, 0.1) is 6.92 Å². The second-order valence-electron chi connectivity index (χ2n) is 6.42. The van der Waals surface area contributed by atoms with Crippen molar-refractivity contribution in [3.8, 4) is 0 Å². The zero-order valence-corrected chi connectivity index (χ0v) is 17.2. The summed E-state index contributed by atoms with van der Waals surface area (Å²) in [4.78, 5) is 33.5. The van der Waals surface area contributed by atoms with Crippen LogP contribution >= 0.6 is 0 Å². The smallest absolute Gasteiger partial charge is 0.336 e. The molecular formula is C22H19NO7S. The maximum Gasteiger partial charge on any atom is 0.336 e. The number of carboxylic acids is 2. The van der Waals surface area contributed by atoms with Gasteiger partial charge in [0.05, 0.1) is 16.0 Å². The number of carboxylic acid groups (broad SMARTS) is 2. The van der Waals surface area contributed by atoms with Gasteiger partial charge in [0.1, 0.15) is 0 Å². The molecule has 8 nitrogen and oxygen atoms in total. The Bertz CT molecular complexity index is 1230. The second kappa shape index (κ2) is 9.79. The molecule has 0 aliphatic heterocycles. The highest BCUT2D eigenvalue weighted by Crippen LogP contribution is 2.15. The summed E-state index contributed by atoms with van der Waals surface area (Å²) in [5.41, 5.74) is 1.69. The van der Waals surface area contributed by atoms with Crippen LogP contribution < -0.4 is 5.14 Å². The molecule has 31 heavy (non-hydrogen) atoms. The Kier molecular flexibility index (Phi) is 7.41. The number of hydrogen-bond acceptors (Lipinski definition) is 5. The van der Waals surface area contributed by atoms with Gasteiger partial charge in [-0.1, -0.05) is 54.1 Å². The number of sulfonamides is 1. The number of primary sulfonamides is 1. The van der Waals surface area contributed by atoms with E-state index in [2.05, 4.69) is 0 Å². The molecule has 0 saturated heterocycles. The Morgan fingerprint density at radius 2 is 1.32 bits per heavy atom. The van der Waals surface area contributed by atoms with Gasteiger partial charge >= 0.3 is 11.9 Å². The lowest BCUT2D eigenvalue weighted by molar-refractivity contribution is 0.0684. The van der Waals surface area contributed by atoms with E-state index in [4.69, 9.17) is 15.4 Å². The first-order valence-corrected chi connectivity index (χ1v) is 10.3. The van der Waals surface area contributed by atoms with Gasteiger partial charge in [0.25, 0.3) is 0 Å². The number of benzene rings is 3. The average Bonchev–Trinajstić information content (AvgIpc) is 2.73. The van der Waals surface area contributed by atoms with Crippen molar-refractivity contribution in [3.05, 3.63) is 101 Å². The predicted molar refractivity (Wildman–Crippen MR) is 113 cm³/mol. The quantitative estimate of drug-likeness (QED) is 0.515. The number of carbonyl (C=O) groups excluding carboxylic acids is 1. The molecule has 0 aliphatic carbocycles. The molecule has 0 fully saturated rings. The molecule has 0 spiro atoms. The number of aryl methyl sites for hydroxylation is 1. The van der Waals surface area contributed by atoms with E-state index in [1.807, 2.05) is 19.1 Å². The first-order valence-electron chi connectivity index (χ1n) is 8.80. The van der Waals surface area contributed by atoms with Crippen molar-refractivity contribution in [3.63, 3.8) is 0 Å². The van der Waals surface area contributed by atoms with Gasteiger partial charge in [0.15, 0.2) is 5.78 Å². The van der Waals surface area contributed by atoms with E-state index in [0.29, 0.717) is 5.56 Å². The lowest BCUT2D eigenvalue weighted by atomic mass is 9.98. The first kappa shape index (κ1) is 23.5. The van der Waals surface area contributed by atoms with E-state index < -0.39 is 22.0 Å². The van der Waals surface area contributed by atoms with E-state index in [0.717, 1.165) is 11.6 Å². The van der Waals surface area contributed by atoms with Gasteiger partial charge in [-0.15, -0.1) is 0 Å². The third kappa shape index (κ3) is 6.33. The van der Waals surface area contributed by atoms with Crippen LogP contribution in [0.3, 0.4) is 0 Å². The van der Waals surface area contributed by atoms with Crippen LogP contribution in [0.25, 0.3) is 0 Å². The molecule has 4 N–H and O–H groups in total. The van der Waals surface area contributed by atoms with E-state index >= 15 is 0 Å². The van der Waals surface area contributed by atoms with Gasteiger partial charge in [-0.05, 0) is 31.2 Å². The summed E-state index contributed by atoms with van der Waals surface area (Å²) in [6, 6.07) is 18.2. The first-order chi connectivity index (χ1) is 14.5. The van der Waals surface area contributed by atoms with Crippen LogP contribution in [-0.4, -0.2) is 36.4 Å². The fraction of sp³-hybridized carbons (Fsp3) is 0.0455. The highest BCUT2D eigenvalue weighted by Gasteiger charge is 2.17. The van der Waals surface area contributed by atoms with Gasteiger partial charge in [-0.2, -0.15) is 0 Å². The fourth-order valence-corrected chi connectivity index (χ4v) is 3.09. The molecule has 0 amide bonds. The van der Waals surface area contributed by atoms with Crippen LogP contribution in [0.1, 0.15) is 42.2 Å². The molecule has 0 heterocycles. The van der Waals surface area contributed by atoms with Crippen molar-refractivity contribution in [2.45, 2.75) is 11.8 Å². The Morgan fingerprint density at radius 1 is 0.742 bits per heavy atom. The number of aromatic carboxylic acids is 2. The molecule has 0 aliphatic rings. The number of hydrogen-bond donors (Lipinski definition) is 3. The van der Waals surface area contributed by atoms with E-state index in [1.54, 1.807) is 24.3 Å². The Balaban J connectivity index is 0.000000233. The van der Waals surface area contributed by atoms with Crippen LogP contribution in [0.5, 0.6) is 0 Å². The van der Waals surface area contributed by atoms with Crippen LogP contribution in [0.2, 0.25) is 0 Å². The normalized spacial score (nSPS) is 10.5. The molecule has 0 atom stereocenters. The molecule has 0 aromatic heterocycles. The Labute approximate surface area is 178 Å². The molecule has 3 aromatic carbocycles. The molecular weight excluding hydrogens is 422 g/mol. The molecule has 0 bridgehead atoms. The van der Waals surface area contributed by atoms with Gasteiger partial charge in [0.2, 0.25) is 10.0 Å². The van der Waals surface area contributed by atoms with E-state index in [9.17, 15) is 22.8 Å². The molecule has 160 valence electrons. The third-order valence-electron chi connectivity index (χ3n) is 4.13. The number of ketones is 1. The fourth-order valence-electron chi connectivity index (χ4n) is 2.53. The standard InChI is InChI=1S/C15H12O3.C7H7NO4S/c1-10-6-8-11(9-7-10)14(16)12-4-2-3-5-13(12)15(17)18;8-13(11,12)6-3-1-2-5(4-6)7(9)10/h2-9H,1H3,(H,17,18);1-4H,(H,9,10)(H2,8,11,12). The van der Waals surface area contributed by atoms with E-state index in [-0.39, 0.29) is 27.4 Å². The number of carbonyl (C=O) groups is 3. The average molecular weight is 441 g/mol. The van der Waals surface area contributed by atoms with Crippen molar-refractivity contribution >= 4 is 27.7 Å². The minimum Gasteiger partial charge on any atom is -0.478 e. The van der Waals surface area contributed by atoms with Crippen LogP contribution in [0.4, 0.5) is 0 Å². The highest BCUT2D eigenvalue weighted by atomic mass is 32.2. The summed E-state index contributed by atoms with van der Waals surface area (Å²) in [5, 5.41) is 22.4. The van der Waals surface area contributed by atoms with Crippen molar-refractivity contribution in [1.29, 1.82) is 0 Å². The predicted octanol–water partition coefficient (Wildman–Crippen LogP) is 2.96. The second-order valence-corrected chi connectivity index (χ2v) is 7.99. The topological polar surface area (TPSA) is 152 Å². The minimum atomic E-state index is -3.82. The SMILES string of the molecule is Cc1ccc(C(=O)c2ccccc2C(=O)O)cc1.NS(=O)(=O)c1cccc(C(=O)O)c1. The van der Waals surface area contributed by atoms with Crippen LogP contribution in [-0.2, 0) is 10.0 Å². The monoisotopic (exact) mass is 441 g/mol. The molecule has 0 radical (unpaired) electrons. The number of rotatable bonds is 5. The largest absolute Gasteiger partial charge is 0.478 e. The van der Waals surface area contributed by atoms with Crippen molar-refractivity contribution < 1.29 is 33.0 Å². The summed E-state index contributed by atoms with van der Waals surface area (Å²) < 4.78 is 21.6. The molecule has 0 unspecified atom stereocenters. The third-order valence-corrected chi connectivity index (χ3v) is 5.04. The Morgan fingerprint density at radius 3 is 1.84 bits per heavy atom. The summed E-state index contributed by atoms with van der Waals surface area (Å²) in [6.45, 7) is 1.93. The summed E-state index contributed by atoms with van der Waals surface area (Å²) in [6.07, 6.45) is 0. The van der Waals surface area contributed by atoms with Crippen molar-refractivity contribution in [2.75, 3.05) is 0 Å². The van der Waals surface area contributed by atoms with Gasteiger partial charge in [-0.25, -0.2) is 23.1 Å². The van der Waals surface area contributed by atoms with E-state index in [1.165, 1.54) is 30.3 Å². The zero-order valence-electron chi connectivity index (χ0n) is 16.3. The summed E-state index contributed by atoms with van der Waals surface area (Å²) in [7, 11) is -3.82. The maximum atomic E-state index is 12.2. The van der Waals surface area contributed by atoms with Crippen LogP contribution in [0.15, 0.2) is 77.7 Å². The Hall–Kier alpha value is -3.82. The molecule has 0 saturated carbocycles. The molecule has 3 rings (SSSR count). The lowest BCUT2D eigenvalue weighted by Crippen LogP contribution is -2.12. The van der Waals surface area contributed by atoms with Gasteiger partial charge < -0.3 is 10.2 Å². The number of nitrogens with two attached hydrogens (primary N) is 1. The summed E-state index contributed by atoms with van der Waals surface area (Å²) in [5.74, 6) is -2.55. The van der Waals surface area contributed by atoms with Crippen molar-refractivity contribution in [1.82, 2.24) is 0 Å². The van der Waals surface area contributed by atoms with Gasteiger partial charge in [-0.3, -0.25) is 4.79 Å². The lowest BCUT2D eigenvalue weighted by Gasteiger charge is -2.05. The maximum absolute atomic E-state index is 12.2. The minimum absolute atomic E-state index is 0.0306. The zero-order chi connectivity index (χ0) is 23.2. The van der Waals surface area contributed by atoms with Gasteiger partial charge in [0, 0.05) is 11.1 Å². The summed E-state index contributed by atoms with van der Waals surface area (Å²) >= 11 is 0. The highest BCUT2D eigenvalue weighted by molar-refractivity contribution is 7.89.